The Morgan fingerprint density at radius 3 is 2.17 bits per heavy atom. The fourth-order valence-electron chi connectivity index (χ4n) is 4.52. The van der Waals surface area contributed by atoms with Crippen molar-refractivity contribution < 1.29 is 27.8 Å². The molecule has 1 aliphatic heterocycles. The van der Waals surface area contributed by atoms with Gasteiger partial charge in [-0.1, -0.05) is 12.8 Å². The van der Waals surface area contributed by atoms with E-state index in [2.05, 4.69) is 45.7 Å². The van der Waals surface area contributed by atoms with Gasteiger partial charge in [0.25, 0.3) is 0 Å². The van der Waals surface area contributed by atoms with Crippen LogP contribution in [0.1, 0.15) is 65.2 Å². The maximum absolute atomic E-state index is 11.7. The molecule has 1 saturated heterocycles. The molecule has 1 amide bonds. The monoisotopic (exact) mass is 579 g/mol. The molecule has 1 heterocycles. The van der Waals surface area contributed by atoms with E-state index in [1.807, 2.05) is 0 Å². The summed E-state index contributed by atoms with van der Waals surface area (Å²) >= 11 is 0.00694. The number of hydrogen-bond donors (Lipinski definition) is 7. The summed E-state index contributed by atoms with van der Waals surface area (Å²) in [6.07, 6.45) is 6.78. The topological polar surface area (TPSA) is 127 Å². The Hall–Kier alpha value is -0.161. The molecule has 1 saturated carbocycles. The number of rotatable bonds is 7. The van der Waals surface area contributed by atoms with Crippen molar-refractivity contribution in [3.05, 3.63) is 0 Å². The minimum atomic E-state index is -0.936. The van der Waals surface area contributed by atoms with Crippen LogP contribution in [0.5, 0.6) is 0 Å². The Balaban J connectivity index is 0.00000194. The number of amides is 1. The first-order chi connectivity index (χ1) is 16.8. The second-order valence-electron chi connectivity index (χ2n) is 9.57. The standard InChI is InChI=1S/C23H46N6O3.2ClH.Mn/c1-17-14-27-18(2)15-28-19(6-5-11-26-22(30)9-10-23(31)32)16-29-21-8-4-3-7-20(21)25-13-12-24-17;;;/h17-21,24-25,27-29H,3-16H2,1-2H3,(H,26,30)(H,31,32);2*1H;/q;;;+2/p-2/t17-,18+,19+,20-,21-;;;/m1.../s1. The van der Waals surface area contributed by atoms with Crippen LogP contribution in [0.4, 0.5) is 0 Å². The Kier molecular flexibility index (Phi) is 19.6. The third-order valence-corrected chi connectivity index (χ3v) is 6.52. The van der Waals surface area contributed by atoms with Crippen LogP contribution < -0.4 is 31.9 Å². The van der Waals surface area contributed by atoms with Crippen molar-refractivity contribution in [1.82, 2.24) is 31.9 Å². The molecule has 0 spiro atoms. The van der Waals surface area contributed by atoms with E-state index in [-0.39, 0.29) is 31.9 Å². The normalized spacial score (nSPS) is 28.9. The average molecular weight is 581 g/mol. The van der Waals surface area contributed by atoms with Crippen molar-refractivity contribution in [3.8, 4) is 0 Å². The van der Waals surface area contributed by atoms with Crippen molar-refractivity contribution in [2.45, 2.75) is 95.4 Å². The van der Waals surface area contributed by atoms with Crippen LogP contribution in [0.25, 0.3) is 0 Å². The van der Waals surface area contributed by atoms with Crippen molar-refractivity contribution in [3.63, 3.8) is 0 Å². The second kappa shape index (κ2) is 20.8. The Labute approximate surface area is 226 Å². The molecule has 0 unspecified atom stereocenters. The van der Waals surface area contributed by atoms with E-state index in [9.17, 15) is 9.59 Å². The van der Waals surface area contributed by atoms with Gasteiger partial charge in [0.05, 0.1) is 6.42 Å². The predicted octanol–water partition coefficient (Wildman–Crippen LogP) is 1.54. The molecule has 2 aliphatic rings. The molecule has 0 aromatic heterocycles. The third kappa shape index (κ3) is 17.1. The molecule has 5 atom stereocenters. The van der Waals surface area contributed by atoms with Gasteiger partial charge in [0.1, 0.15) is 0 Å². The van der Waals surface area contributed by atoms with Gasteiger partial charge in [0.2, 0.25) is 5.91 Å². The number of aliphatic carboxylic acids is 1. The van der Waals surface area contributed by atoms with Gasteiger partial charge in [-0.05, 0) is 39.5 Å². The molecule has 0 bridgehead atoms. The summed E-state index contributed by atoms with van der Waals surface area (Å²) in [6.45, 7) is 9.76. The summed E-state index contributed by atoms with van der Waals surface area (Å²) in [4.78, 5) is 22.3. The molecular formula is C23H46Cl2MnN6O3. The Morgan fingerprint density at radius 2 is 1.49 bits per heavy atom. The molecule has 9 nitrogen and oxygen atoms in total. The number of halogens is 2. The van der Waals surface area contributed by atoms with Crippen LogP contribution in [-0.4, -0.2) is 86.5 Å². The molecule has 2 rings (SSSR count). The first-order valence-electron chi connectivity index (χ1n) is 12.9. The molecule has 12 heteroatoms. The van der Waals surface area contributed by atoms with Gasteiger partial charge in [-0.3, -0.25) is 9.59 Å². The SMILES string of the molecule is C[C@@H]1CN[C@@H](C)CN[C@@H](CCCNC(=O)CCC(=O)O)CN[C@@H]2CCCC[C@H]2NCCN1.[Cl][Mn][Cl]. The number of carboxylic acids is 1. The van der Waals surface area contributed by atoms with E-state index in [0.717, 1.165) is 45.6 Å². The summed E-state index contributed by atoms with van der Waals surface area (Å²) in [5.74, 6) is -1.12. The minimum absolute atomic E-state index is 0.00694. The van der Waals surface area contributed by atoms with Gasteiger partial charge in [0, 0.05) is 75.9 Å². The number of carbonyl (C=O) groups is 2. The summed E-state index contributed by atoms with van der Waals surface area (Å²) < 4.78 is 0. The van der Waals surface area contributed by atoms with Gasteiger partial charge < -0.3 is 37.0 Å². The van der Waals surface area contributed by atoms with Crippen molar-refractivity contribution in [2.75, 3.05) is 39.3 Å². The first-order valence-corrected chi connectivity index (χ1v) is 16.1. The second-order valence-corrected chi connectivity index (χ2v) is 11.5. The van der Waals surface area contributed by atoms with Crippen LogP contribution in [0.15, 0.2) is 0 Å². The van der Waals surface area contributed by atoms with Crippen LogP contribution in [0.3, 0.4) is 0 Å². The number of carboxylic acid groups (broad SMARTS) is 1. The fraction of sp³-hybridized carbons (Fsp3) is 0.913. The Morgan fingerprint density at radius 1 is 0.886 bits per heavy atom. The molecule has 7 N–H and O–H groups in total. The molecular weight excluding hydrogens is 534 g/mol. The van der Waals surface area contributed by atoms with Gasteiger partial charge >= 0.3 is 39.3 Å². The van der Waals surface area contributed by atoms with Crippen LogP contribution >= 0.6 is 20.2 Å². The molecule has 207 valence electrons. The van der Waals surface area contributed by atoms with E-state index in [0.29, 0.717) is 36.8 Å². The van der Waals surface area contributed by atoms with Crippen LogP contribution in [-0.2, 0) is 22.7 Å². The van der Waals surface area contributed by atoms with Crippen LogP contribution in [0, 0.1) is 0 Å². The maximum atomic E-state index is 11.7. The van der Waals surface area contributed by atoms with Gasteiger partial charge in [-0.25, -0.2) is 0 Å². The number of nitrogens with one attached hydrogen (secondary N) is 6. The molecule has 0 aromatic rings. The van der Waals surface area contributed by atoms with Crippen molar-refractivity contribution in [1.29, 1.82) is 0 Å². The fourth-order valence-corrected chi connectivity index (χ4v) is 4.52. The number of hydrogen-bond acceptors (Lipinski definition) is 7. The molecule has 0 radical (unpaired) electrons. The molecule has 1 aliphatic carbocycles. The quantitative estimate of drug-likeness (QED) is 0.179. The van der Waals surface area contributed by atoms with E-state index >= 15 is 0 Å². The van der Waals surface area contributed by atoms with E-state index in [1.54, 1.807) is 0 Å². The van der Waals surface area contributed by atoms with E-state index in [4.69, 9.17) is 25.3 Å². The van der Waals surface area contributed by atoms with E-state index < -0.39 is 5.97 Å². The van der Waals surface area contributed by atoms with Crippen molar-refractivity contribution >= 4 is 32.1 Å². The summed E-state index contributed by atoms with van der Waals surface area (Å²) in [5.41, 5.74) is 0. The molecule has 2 fully saturated rings. The predicted molar refractivity (Wildman–Crippen MR) is 140 cm³/mol. The van der Waals surface area contributed by atoms with Gasteiger partial charge in [-0.2, -0.15) is 0 Å². The Bertz CT molecular complexity index is 581. The first kappa shape index (κ1) is 32.9. The summed E-state index contributed by atoms with van der Waals surface area (Å²) in [7, 11) is 9.59. The van der Waals surface area contributed by atoms with Gasteiger partial charge in [0.15, 0.2) is 0 Å². The third-order valence-electron chi connectivity index (χ3n) is 6.52. The zero-order chi connectivity index (χ0) is 25.9. The average Bonchev–Trinajstić information content (AvgIpc) is 2.84. The summed E-state index contributed by atoms with van der Waals surface area (Å²) in [5, 5.41) is 30.1. The van der Waals surface area contributed by atoms with Crippen molar-refractivity contribution in [2.24, 2.45) is 0 Å². The molecule has 35 heavy (non-hydrogen) atoms. The van der Waals surface area contributed by atoms with E-state index in [1.165, 1.54) is 25.7 Å². The zero-order valence-electron chi connectivity index (χ0n) is 21.2. The number of fused-ring (bicyclic) bond motifs is 1. The van der Waals surface area contributed by atoms with Gasteiger partial charge in [-0.15, -0.1) is 0 Å². The van der Waals surface area contributed by atoms with Crippen LogP contribution in [0.2, 0.25) is 0 Å². The molecule has 0 aromatic carbocycles. The summed E-state index contributed by atoms with van der Waals surface area (Å²) in [6, 6.07) is 2.17. The zero-order valence-corrected chi connectivity index (χ0v) is 23.9. The number of carbonyl (C=O) groups excluding carboxylic acids is 1.